The molecule has 0 aliphatic heterocycles. The van der Waals surface area contributed by atoms with E-state index in [4.69, 9.17) is 15.1 Å². The van der Waals surface area contributed by atoms with Gasteiger partial charge in [-0.05, 0) is 63.3 Å². The molecular formula is C26H33N7O. The van der Waals surface area contributed by atoms with Crippen LogP contribution in [0.15, 0.2) is 36.8 Å². The van der Waals surface area contributed by atoms with Gasteiger partial charge < -0.3 is 15.0 Å². The summed E-state index contributed by atoms with van der Waals surface area (Å²) in [5, 5.41) is 14.7. The summed E-state index contributed by atoms with van der Waals surface area (Å²) < 4.78 is 2.38. The molecule has 8 heteroatoms. The number of hydrogen-bond donors (Lipinski definition) is 2. The van der Waals surface area contributed by atoms with Crippen molar-refractivity contribution in [2.45, 2.75) is 52.1 Å². The topological polar surface area (TPSA) is 92.0 Å². The first-order valence-electron chi connectivity index (χ1n) is 12.2. The van der Waals surface area contributed by atoms with Crippen molar-refractivity contribution in [1.82, 2.24) is 29.4 Å². The maximum absolute atomic E-state index is 9.14. The number of fused-ring (bicyclic) bond motifs is 3. The summed E-state index contributed by atoms with van der Waals surface area (Å²) in [5.74, 6) is 2.06. The molecule has 2 N–H and O–H groups in total. The minimum Gasteiger partial charge on any atom is -0.395 e. The number of likely N-dealkylation sites (N-methyl/N-ethyl adjacent to an activating group) is 1. The van der Waals surface area contributed by atoms with Crippen LogP contribution >= 0.6 is 0 Å². The number of hydrogen-bond acceptors (Lipinski definition) is 7. The van der Waals surface area contributed by atoms with E-state index in [1.807, 2.05) is 38.6 Å². The molecule has 4 aromatic rings. The molecule has 0 aromatic carbocycles. The number of rotatable bonds is 7. The van der Waals surface area contributed by atoms with E-state index in [9.17, 15) is 0 Å². The smallest absolute Gasteiger partial charge is 0.230 e. The van der Waals surface area contributed by atoms with E-state index >= 15 is 0 Å². The summed E-state index contributed by atoms with van der Waals surface area (Å²) in [6.07, 6.45) is 10.5. The van der Waals surface area contributed by atoms with Gasteiger partial charge in [0.1, 0.15) is 11.5 Å². The molecule has 1 fully saturated rings. The summed E-state index contributed by atoms with van der Waals surface area (Å²) >= 11 is 0. The van der Waals surface area contributed by atoms with Gasteiger partial charge in [-0.2, -0.15) is 4.98 Å². The lowest BCUT2D eigenvalue weighted by Crippen LogP contribution is -2.22. The number of aliphatic hydroxyl groups is 1. The Kier molecular flexibility index (Phi) is 6.43. The summed E-state index contributed by atoms with van der Waals surface area (Å²) in [6.45, 7) is 5.88. The average Bonchev–Trinajstić information content (AvgIpc) is 3.15. The molecule has 0 unspecified atom stereocenters. The lowest BCUT2D eigenvalue weighted by Gasteiger charge is -2.28. The zero-order valence-corrected chi connectivity index (χ0v) is 20.2. The monoisotopic (exact) mass is 459 g/mol. The zero-order chi connectivity index (χ0) is 23.7. The first-order chi connectivity index (χ1) is 16.5. The Morgan fingerprint density at radius 1 is 1.09 bits per heavy atom. The maximum Gasteiger partial charge on any atom is 0.230 e. The predicted octanol–water partition coefficient (Wildman–Crippen LogP) is 4.60. The van der Waals surface area contributed by atoms with E-state index in [0.29, 0.717) is 18.5 Å². The van der Waals surface area contributed by atoms with Crippen molar-refractivity contribution in [2.75, 3.05) is 25.5 Å². The van der Waals surface area contributed by atoms with Crippen LogP contribution in [-0.2, 0) is 6.54 Å². The largest absolute Gasteiger partial charge is 0.395 e. The normalized spacial score (nSPS) is 18.7. The van der Waals surface area contributed by atoms with E-state index in [1.54, 1.807) is 0 Å². The second-order valence-electron chi connectivity index (χ2n) is 9.63. The van der Waals surface area contributed by atoms with Crippen LogP contribution in [0.2, 0.25) is 0 Å². The van der Waals surface area contributed by atoms with Crippen LogP contribution in [0.25, 0.3) is 21.9 Å². The summed E-state index contributed by atoms with van der Waals surface area (Å²) in [4.78, 5) is 20.8. The molecule has 34 heavy (non-hydrogen) atoms. The molecule has 8 nitrogen and oxygen atoms in total. The molecule has 0 radical (unpaired) electrons. The van der Waals surface area contributed by atoms with Crippen molar-refractivity contribution < 1.29 is 5.11 Å². The maximum atomic E-state index is 9.14. The van der Waals surface area contributed by atoms with Gasteiger partial charge in [0.25, 0.3) is 0 Å². The lowest BCUT2D eigenvalue weighted by atomic mass is 9.87. The van der Waals surface area contributed by atoms with Crippen LogP contribution in [0.1, 0.15) is 49.9 Å². The molecule has 0 bridgehead atoms. The van der Waals surface area contributed by atoms with Crippen LogP contribution in [0, 0.1) is 12.8 Å². The Morgan fingerprint density at radius 3 is 2.68 bits per heavy atom. The number of aromatic nitrogens is 5. The van der Waals surface area contributed by atoms with Gasteiger partial charge in [0.05, 0.1) is 18.3 Å². The molecule has 4 heterocycles. The number of aryl methyl sites for hydroxylation is 1. The Balaban J connectivity index is 1.47. The molecule has 1 aliphatic carbocycles. The quantitative estimate of drug-likeness (QED) is 0.417. The van der Waals surface area contributed by atoms with Gasteiger partial charge in [-0.15, -0.1) is 0 Å². The fraction of sp³-hybridized carbons (Fsp3) is 0.462. The molecule has 178 valence electrons. The minimum atomic E-state index is 0.148. The van der Waals surface area contributed by atoms with Crippen LogP contribution in [-0.4, -0.2) is 54.7 Å². The van der Waals surface area contributed by atoms with Crippen LogP contribution in [0.4, 0.5) is 11.8 Å². The van der Waals surface area contributed by atoms with Gasteiger partial charge in [0.15, 0.2) is 0 Å². The highest BCUT2D eigenvalue weighted by molar-refractivity contribution is 6.06. The van der Waals surface area contributed by atoms with Gasteiger partial charge in [-0.25, -0.2) is 9.97 Å². The van der Waals surface area contributed by atoms with Crippen molar-refractivity contribution in [3.05, 3.63) is 48.0 Å². The van der Waals surface area contributed by atoms with Gasteiger partial charge >= 0.3 is 0 Å². The second-order valence-corrected chi connectivity index (χ2v) is 9.63. The fourth-order valence-corrected chi connectivity index (χ4v) is 5.08. The summed E-state index contributed by atoms with van der Waals surface area (Å²) in [7, 11) is 1.99. The molecule has 0 amide bonds. The average molecular weight is 460 g/mol. The molecule has 1 aliphatic rings. The Bertz CT molecular complexity index is 1290. The Morgan fingerprint density at radius 2 is 1.91 bits per heavy atom. The third kappa shape index (κ3) is 4.48. The van der Waals surface area contributed by atoms with Crippen LogP contribution in [0.5, 0.6) is 0 Å². The summed E-state index contributed by atoms with van der Waals surface area (Å²) in [6, 6.07) is 6.53. The Labute approximate surface area is 200 Å². The van der Waals surface area contributed by atoms with Gasteiger partial charge in [-0.3, -0.25) is 9.88 Å². The first kappa shape index (κ1) is 22.7. The molecule has 1 saturated carbocycles. The predicted molar refractivity (Wildman–Crippen MR) is 135 cm³/mol. The highest BCUT2D eigenvalue weighted by Gasteiger charge is 2.24. The third-order valence-electron chi connectivity index (χ3n) is 7.05. The van der Waals surface area contributed by atoms with E-state index < -0.39 is 0 Å². The third-order valence-corrected chi connectivity index (χ3v) is 7.05. The van der Waals surface area contributed by atoms with Crippen molar-refractivity contribution in [2.24, 2.45) is 5.92 Å². The van der Waals surface area contributed by atoms with E-state index in [1.165, 1.54) is 12.8 Å². The highest BCUT2D eigenvalue weighted by Crippen LogP contribution is 2.38. The lowest BCUT2D eigenvalue weighted by molar-refractivity contribution is 0.217. The summed E-state index contributed by atoms with van der Waals surface area (Å²) in [5.41, 5.74) is 4.18. The van der Waals surface area contributed by atoms with Crippen molar-refractivity contribution in [1.29, 1.82) is 0 Å². The molecule has 4 aromatic heterocycles. The van der Waals surface area contributed by atoms with Gasteiger partial charge in [0.2, 0.25) is 5.95 Å². The van der Waals surface area contributed by atoms with Crippen LogP contribution in [0.3, 0.4) is 0 Å². The minimum absolute atomic E-state index is 0.148. The van der Waals surface area contributed by atoms with Gasteiger partial charge in [-0.1, -0.05) is 13.0 Å². The molecule has 0 atom stereocenters. The number of anilines is 2. The number of nitrogens with one attached hydrogen (secondary N) is 1. The number of pyridine rings is 2. The Hall–Kier alpha value is -3.10. The standard InChI is InChI=1S/C26H33N7O/c1-17-4-7-20(8-5-17)33-23-15-27-11-10-21(23)22-14-28-26(31-25(22)33)30-24-9-6-19(18(2)29-24)16-32(3)12-13-34/h6,9-11,14-15,17,20,34H,4-5,7-8,12-13,16H2,1-3H3,(H,28,29,30,31). The van der Waals surface area contributed by atoms with E-state index in [-0.39, 0.29) is 6.61 Å². The molecule has 0 spiro atoms. The fourth-order valence-electron chi connectivity index (χ4n) is 5.08. The van der Waals surface area contributed by atoms with E-state index in [0.717, 1.165) is 64.3 Å². The zero-order valence-electron chi connectivity index (χ0n) is 20.2. The van der Waals surface area contributed by atoms with Crippen LogP contribution < -0.4 is 5.32 Å². The van der Waals surface area contributed by atoms with Gasteiger partial charge in [0, 0.05) is 48.0 Å². The molecule has 5 rings (SSSR count). The molecule has 0 saturated heterocycles. The van der Waals surface area contributed by atoms with E-state index in [2.05, 4.69) is 43.8 Å². The molecular weight excluding hydrogens is 426 g/mol. The first-order valence-corrected chi connectivity index (χ1v) is 12.2. The highest BCUT2D eigenvalue weighted by atomic mass is 16.3. The number of nitrogens with zero attached hydrogens (tertiary/aromatic N) is 6. The van der Waals surface area contributed by atoms with Crippen molar-refractivity contribution in [3.63, 3.8) is 0 Å². The number of aliphatic hydroxyl groups excluding tert-OH is 1. The van der Waals surface area contributed by atoms with Crippen molar-refractivity contribution >= 4 is 33.7 Å². The second kappa shape index (κ2) is 9.64. The van der Waals surface area contributed by atoms with Crippen molar-refractivity contribution in [3.8, 4) is 0 Å². The SMILES string of the molecule is Cc1nc(Nc2ncc3c4ccncc4n(C4CCC(C)CC4)c3n2)ccc1CN(C)CCO.